The average molecular weight is 298 g/mol. The van der Waals surface area contributed by atoms with Crippen LogP contribution in [0.2, 0.25) is 0 Å². The molecule has 0 spiro atoms. The fourth-order valence-corrected chi connectivity index (χ4v) is 2.96. The summed E-state index contributed by atoms with van der Waals surface area (Å²) in [6.07, 6.45) is 3.49. The van der Waals surface area contributed by atoms with Gasteiger partial charge in [0.1, 0.15) is 0 Å². The number of imidazole rings is 1. The zero-order valence-corrected chi connectivity index (χ0v) is 12.7. The number of rotatable bonds is 3. The molecule has 1 N–H and O–H groups in total. The fourth-order valence-electron chi connectivity index (χ4n) is 2.96. The molecule has 1 aliphatic carbocycles. The zero-order chi connectivity index (χ0) is 15.3. The van der Waals surface area contributed by atoms with E-state index in [0.29, 0.717) is 11.7 Å². The van der Waals surface area contributed by atoms with E-state index in [9.17, 15) is 4.79 Å². The molecule has 1 saturated carbocycles. The Labute approximate surface area is 127 Å². The lowest BCUT2D eigenvalue weighted by Crippen LogP contribution is -2.18. The molecule has 6 nitrogen and oxygen atoms in total. The largest absolute Gasteiger partial charge is 0.339 e. The number of hydrogen-bond acceptors (Lipinski definition) is 4. The average Bonchev–Trinajstić information content (AvgIpc) is 2.99. The van der Waals surface area contributed by atoms with E-state index < -0.39 is 0 Å². The van der Waals surface area contributed by atoms with E-state index in [2.05, 4.69) is 15.1 Å². The number of nitrogens with one attached hydrogen (secondary N) is 1. The molecule has 6 heteroatoms. The highest BCUT2D eigenvalue weighted by Crippen LogP contribution is 2.36. The Morgan fingerprint density at radius 1 is 1.36 bits per heavy atom. The molecule has 0 radical (unpaired) electrons. The quantitative estimate of drug-likeness (QED) is 0.805. The number of aromatic amines is 1. The van der Waals surface area contributed by atoms with Crippen LogP contribution >= 0.6 is 0 Å². The van der Waals surface area contributed by atoms with Gasteiger partial charge in [0.15, 0.2) is 0 Å². The monoisotopic (exact) mass is 298 g/mol. The van der Waals surface area contributed by atoms with Gasteiger partial charge in [0.25, 0.3) is 0 Å². The second-order valence-corrected chi connectivity index (χ2v) is 6.21. The molecule has 0 saturated heterocycles. The molecule has 0 unspecified atom stereocenters. The third-order valence-electron chi connectivity index (χ3n) is 4.39. The zero-order valence-electron chi connectivity index (χ0n) is 12.7. The number of aromatic nitrogens is 4. The number of hydrogen-bond donors (Lipinski definition) is 1. The first kappa shape index (κ1) is 13.3. The van der Waals surface area contributed by atoms with E-state index in [0.717, 1.165) is 35.3 Å². The van der Waals surface area contributed by atoms with Crippen LogP contribution in [-0.4, -0.2) is 19.7 Å². The van der Waals surface area contributed by atoms with Gasteiger partial charge in [-0.2, -0.15) is 4.98 Å². The van der Waals surface area contributed by atoms with Gasteiger partial charge in [0.2, 0.25) is 11.7 Å². The number of nitrogens with zero attached hydrogens (tertiary/aromatic N) is 3. The maximum atomic E-state index is 12.0. The smallest absolute Gasteiger partial charge is 0.326 e. The molecule has 1 fully saturated rings. The van der Waals surface area contributed by atoms with Crippen molar-refractivity contribution in [3.05, 3.63) is 34.6 Å². The summed E-state index contributed by atoms with van der Waals surface area (Å²) in [6.45, 7) is 3.99. The first-order valence-corrected chi connectivity index (χ1v) is 7.71. The predicted molar refractivity (Wildman–Crippen MR) is 82.8 cm³/mol. The summed E-state index contributed by atoms with van der Waals surface area (Å²) in [5, 5.41) is 4.08. The summed E-state index contributed by atoms with van der Waals surface area (Å²) in [5.41, 5.74) is 2.46. The lowest BCUT2D eigenvalue weighted by atomic mass is 9.85. The summed E-state index contributed by atoms with van der Waals surface area (Å²) in [6, 6.07) is 5.89. The van der Waals surface area contributed by atoms with Gasteiger partial charge in [0.05, 0.1) is 11.0 Å². The van der Waals surface area contributed by atoms with Crippen molar-refractivity contribution < 1.29 is 4.52 Å². The van der Waals surface area contributed by atoms with Gasteiger partial charge in [0, 0.05) is 17.5 Å². The number of H-pyrrole nitrogens is 1. The molecule has 0 atom stereocenters. The van der Waals surface area contributed by atoms with E-state index in [4.69, 9.17) is 4.52 Å². The van der Waals surface area contributed by atoms with Crippen molar-refractivity contribution in [2.75, 3.05) is 0 Å². The Morgan fingerprint density at radius 3 is 2.86 bits per heavy atom. The molecule has 1 aromatic carbocycles. The summed E-state index contributed by atoms with van der Waals surface area (Å²) in [5.74, 6) is 1.74. The van der Waals surface area contributed by atoms with Crippen molar-refractivity contribution in [2.24, 2.45) is 0 Å². The Kier molecular flexibility index (Phi) is 2.92. The van der Waals surface area contributed by atoms with Crippen LogP contribution in [0.1, 0.15) is 51.0 Å². The second kappa shape index (κ2) is 4.83. The SMILES string of the molecule is CC(C)n1c(=O)[nH]c2cc(-c3noc(C4CCC4)n3)ccc21. The van der Waals surface area contributed by atoms with Crippen molar-refractivity contribution in [3.63, 3.8) is 0 Å². The molecule has 0 bridgehead atoms. The Balaban J connectivity index is 1.76. The third kappa shape index (κ3) is 1.98. The Hall–Kier alpha value is -2.37. The van der Waals surface area contributed by atoms with Crippen LogP contribution in [0.3, 0.4) is 0 Å². The van der Waals surface area contributed by atoms with E-state index in [-0.39, 0.29) is 11.7 Å². The Morgan fingerprint density at radius 2 is 2.18 bits per heavy atom. The first-order valence-electron chi connectivity index (χ1n) is 7.71. The minimum atomic E-state index is -0.0922. The van der Waals surface area contributed by atoms with E-state index >= 15 is 0 Å². The Bertz CT molecular complexity index is 883. The standard InChI is InChI=1S/C16H18N4O2/c1-9(2)20-13-7-6-11(8-12(13)17-16(20)21)14-18-15(22-19-14)10-4-3-5-10/h6-10H,3-5H2,1-2H3,(H,17,21). The van der Waals surface area contributed by atoms with Crippen LogP contribution in [0, 0.1) is 0 Å². The van der Waals surface area contributed by atoms with Gasteiger partial charge in [-0.1, -0.05) is 11.6 Å². The molecular weight excluding hydrogens is 280 g/mol. The minimum Gasteiger partial charge on any atom is -0.339 e. The molecule has 0 aliphatic heterocycles. The van der Waals surface area contributed by atoms with Gasteiger partial charge in [-0.3, -0.25) is 4.57 Å². The highest BCUT2D eigenvalue weighted by atomic mass is 16.5. The molecule has 22 heavy (non-hydrogen) atoms. The van der Waals surface area contributed by atoms with Gasteiger partial charge in [-0.15, -0.1) is 0 Å². The van der Waals surface area contributed by atoms with Gasteiger partial charge < -0.3 is 9.51 Å². The lowest BCUT2D eigenvalue weighted by molar-refractivity contribution is 0.292. The molecule has 2 aromatic heterocycles. The second-order valence-electron chi connectivity index (χ2n) is 6.21. The van der Waals surface area contributed by atoms with Crippen LogP contribution in [0.4, 0.5) is 0 Å². The fraction of sp³-hybridized carbons (Fsp3) is 0.438. The van der Waals surface area contributed by atoms with Gasteiger partial charge >= 0.3 is 5.69 Å². The number of fused-ring (bicyclic) bond motifs is 1. The van der Waals surface area contributed by atoms with Crippen LogP contribution in [0.15, 0.2) is 27.5 Å². The molecule has 114 valence electrons. The molecule has 2 heterocycles. The topological polar surface area (TPSA) is 76.7 Å². The van der Waals surface area contributed by atoms with Crippen LogP contribution < -0.4 is 5.69 Å². The predicted octanol–water partition coefficient (Wildman–Crippen LogP) is 3.23. The molecule has 0 amide bonds. The van der Waals surface area contributed by atoms with Crippen LogP contribution in [0.5, 0.6) is 0 Å². The van der Waals surface area contributed by atoms with E-state index in [1.807, 2.05) is 32.0 Å². The van der Waals surface area contributed by atoms with Crippen LogP contribution in [-0.2, 0) is 0 Å². The highest BCUT2D eigenvalue weighted by molar-refractivity contribution is 5.80. The van der Waals surface area contributed by atoms with E-state index in [1.165, 1.54) is 6.42 Å². The maximum Gasteiger partial charge on any atom is 0.326 e. The molecular formula is C16H18N4O2. The van der Waals surface area contributed by atoms with E-state index in [1.54, 1.807) is 4.57 Å². The number of benzene rings is 1. The van der Waals surface area contributed by atoms with Crippen molar-refractivity contribution in [1.29, 1.82) is 0 Å². The lowest BCUT2D eigenvalue weighted by Gasteiger charge is -2.20. The van der Waals surface area contributed by atoms with Crippen molar-refractivity contribution in [2.45, 2.75) is 45.1 Å². The molecule has 4 rings (SSSR count). The first-order chi connectivity index (χ1) is 10.6. The normalized spacial score (nSPS) is 15.6. The van der Waals surface area contributed by atoms with Crippen molar-refractivity contribution in [1.82, 2.24) is 19.7 Å². The van der Waals surface area contributed by atoms with Crippen molar-refractivity contribution in [3.8, 4) is 11.4 Å². The molecule has 3 aromatic rings. The van der Waals surface area contributed by atoms with Crippen molar-refractivity contribution >= 4 is 11.0 Å². The van der Waals surface area contributed by atoms with Crippen LogP contribution in [0.25, 0.3) is 22.4 Å². The summed E-state index contributed by atoms with van der Waals surface area (Å²) >= 11 is 0. The minimum absolute atomic E-state index is 0.0922. The maximum absolute atomic E-state index is 12.0. The summed E-state index contributed by atoms with van der Waals surface area (Å²) in [4.78, 5) is 19.4. The summed E-state index contributed by atoms with van der Waals surface area (Å²) < 4.78 is 7.11. The molecule has 1 aliphatic rings. The van der Waals surface area contributed by atoms with Gasteiger partial charge in [-0.25, -0.2) is 4.79 Å². The highest BCUT2D eigenvalue weighted by Gasteiger charge is 2.25. The summed E-state index contributed by atoms with van der Waals surface area (Å²) in [7, 11) is 0. The van der Waals surface area contributed by atoms with Gasteiger partial charge in [-0.05, 0) is 44.9 Å². The third-order valence-corrected chi connectivity index (χ3v) is 4.39.